The van der Waals surface area contributed by atoms with Crippen LogP contribution in [0, 0.1) is 16.7 Å². The molecule has 0 N–H and O–H groups in total. The molecule has 0 spiro atoms. The van der Waals surface area contributed by atoms with Crippen molar-refractivity contribution < 1.29 is 4.79 Å². The smallest absolute Gasteiger partial charge is 0.183 e. The van der Waals surface area contributed by atoms with Gasteiger partial charge in [-0.3, -0.25) is 4.79 Å². The molecule has 2 nitrogen and oxygen atoms in total. The van der Waals surface area contributed by atoms with Crippen molar-refractivity contribution in [2.45, 2.75) is 13.8 Å². The number of ketones is 1. The Morgan fingerprint density at radius 2 is 2.00 bits per heavy atom. The molecule has 1 aromatic carbocycles. The third kappa shape index (κ3) is 1.94. The third-order valence-electron chi connectivity index (χ3n) is 1.97. The molecule has 0 bridgehead atoms. The van der Waals surface area contributed by atoms with Crippen LogP contribution in [0.4, 0.5) is 0 Å². The van der Waals surface area contributed by atoms with E-state index in [2.05, 4.69) is 0 Å². The molecule has 0 unspecified atom stereocenters. The second-order valence-corrected chi connectivity index (χ2v) is 3.95. The zero-order valence-electron chi connectivity index (χ0n) is 8.04. The fraction of sp³-hybridized carbons (Fsp3) is 0.273. The van der Waals surface area contributed by atoms with Crippen LogP contribution >= 0.6 is 11.6 Å². The molecule has 14 heavy (non-hydrogen) atoms. The van der Waals surface area contributed by atoms with E-state index >= 15 is 0 Å². The predicted molar refractivity (Wildman–Crippen MR) is 55.2 cm³/mol. The summed E-state index contributed by atoms with van der Waals surface area (Å²) in [7, 11) is 0. The molecule has 72 valence electrons. The van der Waals surface area contributed by atoms with E-state index in [1.165, 1.54) is 0 Å². The van der Waals surface area contributed by atoms with Gasteiger partial charge in [-0.25, -0.2) is 0 Å². The van der Waals surface area contributed by atoms with Gasteiger partial charge < -0.3 is 0 Å². The van der Waals surface area contributed by atoms with Crippen molar-refractivity contribution in [3.8, 4) is 6.07 Å². The summed E-state index contributed by atoms with van der Waals surface area (Å²) >= 11 is 5.85. The number of carbonyl (C=O) groups excluding carboxylic acids is 1. The number of rotatable bonds is 2. The monoisotopic (exact) mass is 207 g/mol. The van der Waals surface area contributed by atoms with E-state index in [4.69, 9.17) is 16.9 Å². The van der Waals surface area contributed by atoms with Crippen LogP contribution in [-0.4, -0.2) is 5.78 Å². The average molecular weight is 208 g/mol. The maximum Gasteiger partial charge on any atom is 0.183 e. The van der Waals surface area contributed by atoms with Gasteiger partial charge in [-0.2, -0.15) is 5.26 Å². The summed E-state index contributed by atoms with van der Waals surface area (Å²) in [4.78, 5) is 11.8. The molecule has 0 saturated heterocycles. The summed E-state index contributed by atoms with van der Waals surface area (Å²) < 4.78 is 0. The second kappa shape index (κ2) is 3.81. The van der Waals surface area contributed by atoms with Gasteiger partial charge >= 0.3 is 0 Å². The summed E-state index contributed by atoms with van der Waals surface area (Å²) in [6, 6.07) is 8.71. The second-order valence-electron chi connectivity index (χ2n) is 3.55. The lowest BCUT2D eigenvalue weighted by Crippen LogP contribution is -2.22. The molecule has 0 amide bonds. The molecular formula is C11H10ClNO. The van der Waals surface area contributed by atoms with Crippen LogP contribution in [0.3, 0.4) is 0 Å². The van der Waals surface area contributed by atoms with Gasteiger partial charge in [0.25, 0.3) is 0 Å². The van der Waals surface area contributed by atoms with Crippen LogP contribution in [0.1, 0.15) is 24.2 Å². The summed E-state index contributed by atoms with van der Waals surface area (Å²) in [6.45, 7) is 3.16. The first-order valence-electron chi connectivity index (χ1n) is 4.19. The Labute approximate surface area is 88.1 Å². The number of hydrogen-bond donors (Lipinski definition) is 0. The molecule has 0 saturated carbocycles. The highest BCUT2D eigenvalue weighted by Crippen LogP contribution is 2.25. The minimum atomic E-state index is -1.02. The van der Waals surface area contributed by atoms with Gasteiger partial charge in [0.15, 0.2) is 5.78 Å². The molecule has 0 radical (unpaired) electrons. The quantitative estimate of drug-likeness (QED) is 0.700. The summed E-state index contributed by atoms with van der Waals surface area (Å²) in [6.07, 6.45) is 0. The number of hydrogen-bond acceptors (Lipinski definition) is 2. The first-order valence-corrected chi connectivity index (χ1v) is 4.57. The lowest BCUT2D eigenvalue weighted by molar-refractivity contribution is 0.0892. The van der Waals surface area contributed by atoms with Crippen molar-refractivity contribution in [3.63, 3.8) is 0 Å². The zero-order chi connectivity index (χ0) is 10.8. The zero-order valence-corrected chi connectivity index (χ0v) is 8.80. The summed E-state index contributed by atoms with van der Waals surface area (Å²) in [5, 5.41) is 9.19. The highest BCUT2D eigenvalue weighted by Gasteiger charge is 2.29. The molecule has 3 heteroatoms. The summed E-state index contributed by atoms with van der Waals surface area (Å²) in [5.74, 6) is -0.245. The molecule has 0 aliphatic rings. The largest absolute Gasteiger partial charge is 0.292 e. The molecule has 0 aliphatic heterocycles. The van der Waals surface area contributed by atoms with E-state index in [0.717, 1.165) is 0 Å². The van der Waals surface area contributed by atoms with E-state index in [1.54, 1.807) is 38.1 Å². The van der Waals surface area contributed by atoms with Gasteiger partial charge in [0.2, 0.25) is 0 Å². The fourth-order valence-electron chi connectivity index (χ4n) is 1.03. The number of halogens is 1. The Kier molecular flexibility index (Phi) is 2.93. The van der Waals surface area contributed by atoms with E-state index < -0.39 is 5.41 Å². The minimum absolute atomic E-state index is 0.245. The van der Waals surface area contributed by atoms with E-state index in [-0.39, 0.29) is 5.78 Å². The number of nitrogens with zero attached hydrogens (tertiary/aromatic N) is 1. The first-order chi connectivity index (χ1) is 6.49. The van der Waals surface area contributed by atoms with Crippen molar-refractivity contribution in [3.05, 3.63) is 34.9 Å². The van der Waals surface area contributed by atoms with Crippen molar-refractivity contribution >= 4 is 17.4 Å². The maximum atomic E-state index is 11.8. The average Bonchev–Trinajstić information content (AvgIpc) is 2.17. The molecule has 1 aromatic rings. The van der Waals surface area contributed by atoms with E-state index in [1.807, 2.05) is 6.07 Å². The highest BCUT2D eigenvalue weighted by atomic mass is 35.5. The number of benzene rings is 1. The van der Waals surface area contributed by atoms with Crippen LogP contribution in [0.15, 0.2) is 24.3 Å². The fourth-order valence-corrected chi connectivity index (χ4v) is 1.25. The SMILES string of the molecule is CC(C)(C#N)C(=O)c1ccccc1Cl. The summed E-state index contributed by atoms with van der Waals surface area (Å²) in [5.41, 5.74) is -0.619. The van der Waals surface area contributed by atoms with Crippen LogP contribution < -0.4 is 0 Å². The normalized spacial score (nSPS) is 10.7. The number of Topliss-reactive ketones (excluding diaryl/α,β-unsaturated/α-hetero) is 1. The van der Waals surface area contributed by atoms with E-state index in [9.17, 15) is 4.79 Å². The van der Waals surface area contributed by atoms with Crippen molar-refractivity contribution in [2.75, 3.05) is 0 Å². The van der Waals surface area contributed by atoms with Crippen LogP contribution in [0.5, 0.6) is 0 Å². The minimum Gasteiger partial charge on any atom is -0.292 e. The Hall–Kier alpha value is -1.33. The Balaban J connectivity index is 3.16. The topological polar surface area (TPSA) is 40.9 Å². The molecule has 0 fully saturated rings. The van der Waals surface area contributed by atoms with Crippen LogP contribution in [-0.2, 0) is 0 Å². The van der Waals surface area contributed by atoms with Crippen LogP contribution in [0.2, 0.25) is 5.02 Å². The molecule has 0 aromatic heterocycles. The maximum absolute atomic E-state index is 11.8. The molecule has 1 rings (SSSR count). The van der Waals surface area contributed by atoms with E-state index in [0.29, 0.717) is 10.6 Å². The van der Waals surface area contributed by atoms with Crippen molar-refractivity contribution in [1.82, 2.24) is 0 Å². The molecule has 0 aliphatic carbocycles. The Bertz CT molecular complexity index is 404. The van der Waals surface area contributed by atoms with Crippen molar-refractivity contribution in [2.24, 2.45) is 5.41 Å². The molecular weight excluding hydrogens is 198 g/mol. The van der Waals surface area contributed by atoms with Gasteiger partial charge in [-0.15, -0.1) is 0 Å². The Morgan fingerprint density at radius 3 is 2.50 bits per heavy atom. The van der Waals surface area contributed by atoms with Crippen molar-refractivity contribution in [1.29, 1.82) is 5.26 Å². The van der Waals surface area contributed by atoms with Gasteiger partial charge in [0, 0.05) is 5.56 Å². The molecule has 0 atom stereocenters. The third-order valence-corrected chi connectivity index (χ3v) is 2.30. The number of nitriles is 1. The standard InChI is InChI=1S/C11H10ClNO/c1-11(2,7-13)10(14)8-5-3-4-6-9(8)12/h3-6H,1-2H3. The first kappa shape index (κ1) is 10.7. The molecule has 0 heterocycles. The van der Waals surface area contributed by atoms with Gasteiger partial charge in [0.1, 0.15) is 5.41 Å². The van der Waals surface area contributed by atoms with Gasteiger partial charge in [0.05, 0.1) is 11.1 Å². The van der Waals surface area contributed by atoms with Gasteiger partial charge in [-0.1, -0.05) is 23.7 Å². The van der Waals surface area contributed by atoms with Crippen LogP contribution in [0.25, 0.3) is 0 Å². The number of carbonyl (C=O) groups is 1. The highest BCUT2D eigenvalue weighted by molar-refractivity contribution is 6.34. The van der Waals surface area contributed by atoms with Gasteiger partial charge in [-0.05, 0) is 26.0 Å². The Morgan fingerprint density at radius 1 is 1.43 bits per heavy atom. The lowest BCUT2D eigenvalue weighted by atomic mass is 9.86. The lowest BCUT2D eigenvalue weighted by Gasteiger charge is -2.14. The predicted octanol–water partition coefficient (Wildman–Crippen LogP) is 3.07.